The summed E-state index contributed by atoms with van der Waals surface area (Å²) in [4.78, 5) is 12.6. The number of thiophene rings is 1. The van der Waals surface area contributed by atoms with E-state index in [-0.39, 0.29) is 24.4 Å². The Morgan fingerprint density at radius 1 is 1.22 bits per heavy atom. The van der Waals surface area contributed by atoms with Gasteiger partial charge in [-0.25, -0.2) is 4.21 Å². The molecule has 2 atom stereocenters. The highest BCUT2D eigenvalue weighted by atomic mass is 32.1. The van der Waals surface area contributed by atoms with Crippen LogP contribution in [0.5, 0.6) is 0 Å². The normalized spacial score (nSPS) is 16.6. The van der Waals surface area contributed by atoms with Crippen LogP contribution in [0.25, 0.3) is 0 Å². The summed E-state index contributed by atoms with van der Waals surface area (Å²) in [6, 6.07) is 9.98. The van der Waals surface area contributed by atoms with Crippen molar-refractivity contribution in [2.24, 2.45) is 5.92 Å². The number of rotatable bonds is 10. The molecule has 1 aliphatic carbocycles. The molecular weight excluding hydrogens is 444 g/mol. The van der Waals surface area contributed by atoms with E-state index in [9.17, 15) is 9.00 Å². The molecule has 1 aromatic carbocycles. The zero-order valence-corrected chi connectivity index (χ0v) is 20.2. The monoisotopic (exact) mass is 472 g/mol. The van der Waals surface area contributed by atoms with Crippen LogP contribution < -0.4 is 0 Å². The minimum absolute atomic E-state index is 0.194. The van der Waals surface area contributed by atoms with E-state index in [1.165, 1.54) is 0 Å². The van der Waals surface area contributed by atoms with Gasteiger partial charge in [-0.15, -0.1) is 0 Å². The van der Waals surface area contributed by atoms with Gasteiger partial charge in [-0.05, 0) is 59.9 Å². The predicted molar refractivity (Wildman–Crippen MR) is 128 cm³/mol. The molecule has 0 saturated heterocycles. The Kier molecular flexibility index (Phi) is 8.88. The van der Waals surface area contributed by atoms with Gasteiger partial charge in [0.05, 0.1) is 28.6 Å². The summed E-state index contributed by atoms with van der Waals surface area (Å²) in [7, 11) is 0. The van der Waals surface area contributed by atoms with E-state index >= 15 is 0 Å². The lowest BCUT2D eigenvalue weighted by Gasteiger charge is -2.28. The highest BCUT2D eigenvalue weighted by molar-refractivity contribution is 7.67. The van der Waals surface area contributed by atoms with E-state index in [0.717, 1.165) is 16.7 Å². The van der Waals surface area contributed by atoms with Crippen molar-refractivity contribution in [2.75, 3.05) is 6.61 Å². The second-order valence-corrected chi connectivity index (χ2v) is 8.95. The molecule has 1 aliphatic rings. The number of allylic oxidation sites excluding steroid dienone is 3. The molecule has 0 fully saturated rings. The van der Waals surface area contributed by atoms with Crippen LogP contribution in [-0.4, -0.2) is 21.6 Å². The molecule has 0 spiro atoms. The summed E-state index contributed by atoms with van der Waals surface area (Å²) in [5.74, 6) is 0.808. The molecule has 0 radical (unpaired) electrons. The Morgan fingerprint density at radius 2 is 2.03 bits per heavy atom. The first-order valence-electron chi connectivity index (χ1n) is 10.6. The molecule has 0 N–H and O–H groups in total. The van der Waals surface area contributed by atoms with E-state index in [1.807, 2.05) is 61.0 Å². The highest BCUT2D eigenvalue weighted by Crippen LogP contribution is 2.33. The molecule has 7 heteroatoms. The summed E-state index contributed by atoms with van der Waals surface area (Å²) < 4.78 is 29.3. The Hall–Kier alpha value is -2.64. The molecule has 1 aromatic heterocycles. The first-order chi connectivity index (χ1) is 15.5. The fourth-order valence-electron chi connectivity index (χ4n) is 3.44. The Bertz CT molecular complexity index is 1030. The SMILES string of the molecule is CCOC(=O)CCC(OC1=CC(OCc2ccsc2)=CC(=S=O)C1C)c1ccccc1C. The van der Waals surface area contributed by atoms with Gasteiger partial charge in [0, 0.05) is 12.5 Å². The van der Waals surface area contributed by atoms with Crippen LogP contribution in [0.2, 0.25) is 0 Å². The third-order valence-corrected chi connectivity index (χ3v) is 6.63. The Balaban J connectivity index is 1.83. The van der Waals surface area contributed by atoms with E-state index in [2.05, 4.69) is 0 Å². The summed E-state index contributed by atoms with van der Waals surface area (Å²) >= 11 is 2.07. The lowest BCUT2D eigenvalue weighted by Crippen LogP contribution is -2.21. The molecule has 32 heavy (non-hydrogen) atoms. The number of aryl methyl sites for hydroxylation is 1. The molecule has 0 aliphatic heterocycles. The maximum Gasteiger partial charge on any atom is 0.305 e. The number of carbonyl (C=O) groups excluding carboxylic acids is 1. The standard InChI is InChI=1S/C25H28O5S2/c1-4-28-25(26)10-9-22(21-8-6-5-7-17(21)2)30-23-13-20(14-24(32-27)18(23)3)29-15-19-11-12-31-16-19/h5-8,11-14,16,18,22H,4,9-10,15H2,1-3H3. The van der Waals surface area contributed by atoms with Gasteiger partial charge in [0.25, 0.3) is 0 Å². The second-order valence-electron chi connectivity index (χ2n) is 7.53. The number of benzene rings is 1. The van der Waals surface area contributed by atoms with Crippen LogP contribution in [0, 0.1) is 12.8 Å². The lowest BCUT2D eigenvalue weighted by molar-refractivity contribution is -0.143. The van der Waals surface area contributed by atoms with Crippen LogP contribution >= 0.6 is 11.3 Å². The maximum absolute atomic E-state index is 12.0. The average Bonchev–Trinajstić information content (AvgIpc) is 3.31. The van der Waals surface area contributed by atoms with Crippen LogP contribution in [0.15, 0.2) is 64.8 Å². The molecule has 2 unspecified atom stereocenters. The lowest BCUT2D eigenvalue weighted by atomic mass is 9.97. The van der Waals surface area contributed by atoms with Gasteiger partial charge in [-0.3, -0.25) is 4.79 Å². The van der Waals surface area contributed by atoms with Crippen molar-refractivity contribution in [1.82, 2.24) is 0 Å². The molecule has 3 rings (SSSR count). The molecule has 2 aromatic rings. The first kappa shape index (κ1) is 24.0. The largest absolute Gasteiger partial charge is 0.489 e. The van der Waals surface area contributed by atoms with Gasteiger partial charge in [0.1, 0.15) is 24.2 Å². The van der Waals surface area contributed by atoms with Gasteiger partial charge in [0.15, 0.2) is 0 Å². The topological polar surface area (TPSA) is 61.8 Å². The molecular formula is C25H28O5S2. The van der Waals surface area contributed by atoms with Gasteiger partial charge in [-0.2, -0.15) is 11.3 Å². The fourth-order valence-corrected chi connectivity index (χ4v) is 4.52. The minimum atomic E-state index is -0.344. The summed E-state index contributed by atoms with van der Waals surface area (Å²) in [6.07, 6.45) is 4.01. The third-order valence-electron chi connectivity index (χ3n) is 5.23. The van der Waals surface area contributed by atoms with E-state index < -0.39 is 0 Å². The van der Waals surface area contributed by atoms with Crippen molar-refractivity contribution in [3.63, 3.8) is 0 Å². The number of esters is 1. The predicted octanol–water partition coefficient (Wildman–Crippen LogP) is 5.48. The average molecular weight is 473 g/mol. The number of hydrogen-bond donors (Lipinski definition) is 0. The molecule has 1 heterocycles. The van der Waals surface area contributed by atoms with Gasteiger partial charge >= 0.3 is 5.97 Å². The van der Waals surface area contributed by atoms with E-state index in [4.69, 9.17) is 14.2 Å². The summed E-state index contributed by atoms with van der Waals surface area (Å²) in [5, 5.41) is 4.03. The molecule has 0 saturated carbocycles. The smallest absolute Gasteiger partial charge is 0.305 e. The van der Waals surface area contributed by atoms with Crippen molar-refractivity contribution < 1.29 is 23.2 Å². The van der Waals surface area contributed by atoms with Crippen molar-refractivity contribution in [3.8, 4) is 0 Å². The van der Waals surface area contributed by atoms with Crippen molar-refractivity contribution in [1.29, 1.82) is 0 Å². The highest BCUT2D eigenvalue weighted by Gasteiger charge is 2.26. The van der Waals surface area contributed by atoms with Crippen LogP contribution in [0.1, 0.15) is 49.5 Å². The van der Waals surface area contributed by atoms with Crippen molar-refractivity contribution in [3.05, 3.63) is 81.5 Å². The molecule has 5 nitrogen and oxygen atoms in total. The summed E-state index contributed by atoms with van der Waals surface area (Å²) in [6.45, 7) is 6.54. The zero-order chi connectivity index (χ0) is 22.9. The molecule has 170 valence electrons. The molecule has 0 amide bonds. The second kappa shape index (κ2) is 11.8. The van der Waals surface area contributed by atoms with Crippen molar-refractivity contribution in [2.45, 2.75) is 46.3 Å². The third kappa shape index (κ3) is 6.43. The Labute approximate surface area is 196 Å². The van der Waals surface area contributed by atoms with Gasteiger partial charge in [0.2, 0.25) is 0 Å². The van der Waals surface area contributed by atoms with Crippen LogP contribution in [0.3, 0.4) is 0 Å². The molecule has 0 bridgehead atoms. The minimum Gasteiger partial charge on any atom is -0.489 e. The zero-order valence-electron chi connectivity index (χ0n) is 18.5. The number of carbonyl (C=O) groups is 1. The quantitative estimate of drug-likeness (QED) is 0.339. The maximum atomic E-state index is 12.0. The number of hydrogen-bond acceptors (Lipinski definition) is 6. The van der Waals surface area contributed by atoms with Crippen molar-refractivity contribution >= 4 is 33.4 Å². The van der Waals surface area contributed by atoms with Gasteiger partial charge < -0.3 is 14.2 Å². The first-order valence-corrected chi connectivity index (χ1v) is 12.3. The Morgan fingerprint density at radius 3 is 2.72 bits per heavy atom. The van der Waals surface area contributed by atoms with Gasteiger partial charge in [-0.1, -0.05) is 31.2 Å². The number of ether oxygens (including phenoxy) is 3. The van der Waals surface area contributed by atoms with E-state index in [1.54, 1.807) is 24.3 Å². The summed E-state index contributed by atoms with van der Waals surface area (Å²) in [5.41, 5.74) is 3.17. The van der Waals surface area contributed by atoms with Crippen LogP contribution in [-0.2, 0) is 36.9 Å². The van der Waals surface area contributed by atoms with E-state index in [0.29, 0.717) is 47.3 Å². The van der Waals surface area contributed by atoms with Crippen LogP contribution in [0.4, 0.5) is 0 Å². The fraction of sp³-hybridized carbons (Fsp3) is 0.360.